The molecule has 0 spiro atoms. The van der Waals surface area contributed by atoms with Gasteiger partial charge in [-0.05, 0) is 43.7 Å². The van der Waals surface area contributed by atoms with Crippen molar-refractivity contribution in [3.05, 3.63) is 78.1 Å². The smallest absolute Gasteiger partial charge is 0.160 e. The van der Waals surface area contributed by atoms with Gasteiger partial charge in [0.15, 0.2) is 5.78 Å². The van der Waals surface area contributed by atoms with Crippen molar-refractivity contribution in [1.82, 2.24) is 14.8 Å². The zero-order valence-corrected chi connectivity index (χ0v) is 18.2. The van der Waals surface area contributed by atoms with Gasteiger partial charge in [0.25, 0.3) is 0 Å². The van der Waals surface area contributed by atoms with Gasteiger partial charge in [0.2, 0.25) is 0 Å². The summed E-state index contributed by atoms with van der Waals surface area (Å²) in [6.45, 7) is 3.68. The number of aromatic nitrogens is 3. The highest BCUT2D eigenvalue weighted by atomic mass is 16.5. The lowest BCUT2D eigenvalue weighted by atomic mass is 9.98. The van der Waals surface area contributed by atoms with Crippen molar-refractivity contribution in [1.29, 1.82) is 5.26 Å². The molecular weight excluding hydrogens is 400 g/mol. The van der Waals surface area contributed by atoms with Gasteiger partial charge in [0.1, 0.15) is 12.3 Å². The third-order valence-electron chi connectivity index (χ3n) is 5.28. The molecule has 32 heavy (non-hydrogen) atoms. The van der Waals surface area contributed by atoms with Gasteiger partial charge in [-0.3, -0.25) is 14.5 Å². The maximum atomic E-state index is 12.0. The maximum Gasteiger partial charge on any atom is 0.160 e. The number of rotatable bonds is 6. The Morgan fingerprint density at radius 3 is 2.56 bits per heavy atom. The molecule has 0 aliphatic carbocycles. The Bertz CT molecular complexity index is 1330. The molecule has 2 aromatic heterocycles. The summed E-state index contributed by atoms with van der Waals surface area (Å²) in [7, 11) is 1.63. The quantitative estimate of drug-likeness (QED) is 0.393. The van der Waals surface area contributed by atoms with Crippen molar-refractivity contribution in [3.63, 3.8) is 0 Å². The monoisotopic (exact) mass is 422 g/mol. The van der Waals surface area contributed by atoms with E-state index < -0.39 is 0 Å². The van der Waals surface area contributed by atoms with Crippen LogP contribution in [-0.2, 0) is 6.54 Å². The molecule has 0 aliphatic rings. The van der Waals surface area contributed by atoms with E-state index in [-0.39, 0.29) is 12.3 Å². The van der Waals surface area contributed by atoms with Crippen LogP contribution in [0, 0.1) is 18.3 Å². The third kappa shape index (κ3) is 4.01. The lowest BCUT2D eigenvalue weighted by Gasteiger charge is -2.11. The number of methoxy groups -OCH3 is 1. The number of hydrogen-bond acceptors (Lipinski definition) is 5. The molecule has 0 aliphatic heterocycles. The van der Waals surface area contributed by atoms with Crippen LogP contribution in [0.5, 0.6) is 5.75 Å². The second kappa shape index (κ2) is 8.86. The zero-order chi connectivity index (χ0) is 22.7. The predicted octanol–water partition coefficient (Wildman–Crippen LogP) is 5.32. The first-order chi connectivity index (χ1) is 15.5. The van der Waals surface area contributed by atoms with Crippen molar-refractivity contribution >= 4 is 5.78 Å². The van der Waals surface area contributed by atoms with E-state index in [0.717, 1.165) is 45.0 Å². The number of Topliss-reactive ketones (excluding diaryl/α,β-unsaturated/α-hetero) is 1. The largest absolute Gasteiger partial charge is 0.497 e. The van der Waals surface area contributed by atoms with Crippen LogP contribution in [0.25, 0.3) is 33.6 Å². The van der Waals surface area contributed by atoms with Crippen LogP contribution < -0.4 is 4.74 Å². The highest BCUT2D eigenvalue weighted by Gasteiger charge is 2.17. The molecule has 2 aromatic carbocycles. The SMILES string of the molecule is COc1cc(C)cc(-c2c(-c3ccc(-c4ccccc4C(C)=O)nc3)cnn2CC#N)c1. The van der Waals surface area contributed by atoms with Crippen LogP contribution in [0.15, 0.2) is 67.0 Å². The first-order valence-electron chi connectivity index (χ1n) is 10.2. The van der Waals surface area contributed by atoms with Gasteiger partial charge >= 0.3 is 0 Å². The Morgan fingerprint density at radius 1 is 1.06 bits per heavy atom. The molecule has 0 amide bonds. The first kappa shape index (κ1) is 21.0. The first-order valence-corrected chi connectivity index (χ1v) is 10.2. The normalized spacial score (nSPS) is 10.6. The average molecular weight is 422 g/mol. The standard InChI is InChI=1S/C26H22N4O2/c1-17-12-20(14-21(13-17)32-3)26-24(16-29-30(26)11-10-27)19-8-9-25(28-15-19)23-7-5-4-6-22(23)18(2)31/h4-9,12-16H,11H2,1-3H3. The van der Waals surface area contributed by atoms with Gasteiger partial charge in [-0.25, -0.2) is 0 Å². The summed E-state index contributed by atoms with van der Waals surface area (Å²) in [5.41, 5.74) is 6.69. The van der Waals surface area contributed by atoms with Gasteiger partial charge in [0.05, 0.1) is 30.8 Å². The van der Waals surface area contributed by atoms with Gasteiger partial charge < -0.3 is 4.74 Å². The van der Waals surface area contributed by atoms with Crippen molar-refractivity contribution in [2.45, 2.75) is 20.4 Å². The fourth-order valence-corrected chi connectivity index (χ4v) is 3.82. The Balaban J connectivity index is 1.81. The summed E-state index contributed by atoms with van der Waals surface area (Å²) >= 11 is 0. The summed E-state index contributed by atoms with van der Waals surface area (Å²) < 4.78 is 7.12. The molecule has 6 nitrogen and oxygen atoms in total. The van der Waals surface area contributed by atoms with E-state index in [1.807, 2.05) is 61.5 Å². The fourth-order valence-electron chi connectivity index (χ4n) is 3.82. The van der Waals surface area contributed by atoms with Crippen molar-refractivity contribution in [3.8, 4) is 45.5 Å². The lowest BCUT2D eigenvalue weighted by molar-refractivity contribution is 0.101. The van der Waals surface area contributed by atoms with E-state index in [1.165, 1.54) is 0 Å². The Hall–Kier alpha value is -4.24. The van der Waals surface area contributed by atoms with Crippen molar-refractivity contribution in [2.75, 3.05) is 7.11 Å². The molecule has 2 heterocycles. The molecular formula is C26H22N4O2. The number of ether oxygens (including phenoxy) is 1. The van der Waals surface area contributed by atoms with E-state index in [0.29, 0.717) is 5.56 Å². The molecule has 0 unspecified atom stereocenters. The highest BCUT2D eigenvalue weighted by Crippen LogP contribution is 2.35. The number of benzene rings is 2. The maximum absolute atomic E-state index is 12.0. The molecule has 0 saturated heterocycles. The van der Waals surface area contributed by atoms with Crippen LogP contribution in [0.2, 0.25) is 0 Å². The predicted molar refractivity (Wildman–Crippen MR) is 123 cm³/mol. The van der Waals surface area contributed by atoms with Crippen molar-refractivity contribution in [2.24, 2.45) is 0 Å². The average Bonchev–Trinajstić information content (AvgIpc) is 3.22. The molecule has 0 saturated carbocycles. The fraction of sp³-hybridized carbons (Fsp3) is 0.154. The summed E-state index contributed by atoms with van der Waals surface area (Å²) in [6, 6.07) is 19.4. The summed E-state index contributed by atoms with van der Waals surface area (Å²) in [5.74, 6) is 0.741. The molecule has 0 radical (unpaired) electrons. The molecule has 0 N–H and O–H groups in total. The van der Waals surface area contributed by atoms with Crippen LogP contribution in [0.4, 0.5) is 0 Å². The van der Waals surface area contributed by atoms with E-state index in [9.17, 15) is 10.1 Å². The minimum atomic E-state index is -0.0000580. The van der Waals surface area contributed by atoms with Crippen LogP contribution in [0.1, 0.15) is 22.8 Å². The summed E-state index contributed by atoms with van der Waals surface area (Å²) in [5, 5.41) is 13.7. The molecule has 4 aromatic rings. The molecule has 6 heteroatoms. The van der Waals surface area contributed by atoms with E-state index in [4.69, 9.17) is 4.74 Å². The molecule has 158 valence electrons. The van der Waals surface area contributed by atoms with Crippen molar-refractivity contribution < 1.29 is 9.53 Å². The zero-order valence-electron chi connectivity index (χ0n) is 18.2. The lowest BCUT2D eigenvalue weighted by Crippen LogP contribution is -2.01. The topological polar surface area (TPSA) is 80.8 Å². The molecule has 0 fully saturated rings. The van der Waals surface area contributed by atoms with Crippen LogP contribution in [-0.4, -0.2) is 27.7 Å². The Labute approximate surface area is 186 Å². The minimum Gasteiger partial charge on any atom is -0.497 e. The molecule has 4 rings (SSSR count). The Morgan fingerprint density at radius 2 is 1.88 bits per heavy atom. The Kier molecular flexibility index (Phi) is 5.82. The third-order valence-corrected chi connectivity index (χ3v) is 5.28. The number of aryl methyl sites for hydroxylation is 1. The molecule has 0 atom stereocenters. The molecule has 0 bridgehead atoms. The van der Waals surface area contributed by atoms with E-state index >= 15 is 0 Å². The number of ketones is 1. The highest BCUT2D eigenvalue weighted by molar-refractivity contribution is 6.00. The van der Waals surface area contributed by atoms with Gasteiger partial charge in [-0.1, -0.05) is 30.3 Å². The van der Waals surface area contributed by atoms with Gasteiger partial charge in [-0.2, -0.15) is 10.4 Å². The number of carbonyl (C=O) groups is 1. The number of pyridine rings is 1. The summed E-state index contributed by atoms with van der Waals surface area (Å²) in [4.78, 5) is 16.6. The van der Waals surface area contributed by atoms with E-state index in [1.54, 1.807) is 31.1 Å². The van der Waals surface area contributed by atoms with Gasteiger partial charge in [0, 0.05) is 34.0 Å². The second-order valence-electron chi connectivity index (χ2n) is 7.50. The second-order valence-corrected chi connectivity index (χ2v) is 7.50. The number of nitriles is 1. The van der Waals surface area contributed by atoms with Crippen LogP contribution in [0.3, 0.4) is 0 Å². The number of hydrogen-bond donors (Lipinski definition) is 0. The van der Waals surface area contributed by atoms with Gasteiger partial charge in [-0.15, -0.1) is 0 Å². The number of nitrogens with zero attached hydrogens (tertiary/aromatic N) is 4. The minimum absolute atomic E-state index is 0.0000580. The van der Waals surface area contributed by atoms with E-state index in [2.05, 4.69) is 16.2 Å². The number of carbonyl (C=O) groups excluding carboxylic acids is 1. The summed E-state index contributed by atoms with van der Waals surface area (Å²) in [6.07, 6.45) is 3.53. The van der Waals surface area contributed by atoms with Crippen LogP contribution >= 0.6 is 0 Å².